The first-order valence-electron chi connectivity index (χ1n) is 6.68. The van der Waals surface area contributed by atoms with Crippen molar-refractivity contribution in [3.8, 4) is 6.07 Å². The van der Waals surface area contributed by atoms with Crippen molar-refractivity contribution in [1.82, 2.24) is 0 Å². The molecule has 1 unspecified atom stereocenters. The number of nitrogens with two attached hydrogens (primary N) is 1. The molecule has 2 N–H and O–H groups in total. The number of carbonyl (C=O) groups is 1. The zero-order valence-electron chi connectivity index (χ0n) is 12.0. The van der Waals surface area contributed by atoms with Crippen LogP contribution < -0.4 is 10.6 Å². The van der Waals surface area contributed by atoms with E-state index in [0.29, 0.717) is 35.8 Å². The van der Waals surface area contributed by atoms with E-state index >= 15 is 0 Å². The van der Waals surface area contributed by atoms with E-state index in [9.17, 15) is 10.1 Å². The molecule has 1 aliphatic rings. The number of anilines is 2. The maximum Gasteiger partial charge on any atom is 0.177 e. The molecule has 1 aliphatic heterocycles. The Hall–Kier alpha value is -1.58. The first-order valence-corrected chi connectivity index (χ1v) is 7.50. The fourth-order valence-electron chi connectivity index (χ4n) is 2.21. The smallest absolute Gasteiger partial charge is 0.177 e. The molecule has 0 aliphatic carbocycles. The molecule has 0 radical (unpaired) electrons. The molecule has 0 spiro atoms. The third-order valence-electron chi connectivity index (χ3n) is 3.31. The summed E-state index contributed by atoms with van der Waals surface area (Å²) in [5.41, 5.74) is 6.75. The number of Topliss-reactive ketones (excluding diaryl/α,β-unsaturated/α-hetero) is 1. The Bertz CT molecular complexity index is 560. The molecule has 0 amide bonds. The van der Waals surface area contributed by atoms with E-state index in [-0.39, 0.29) is 17.8 Å². The number of carbonyl (C=O) groups excluding carboxylic acids is 1. The van der Waals surface area contributed by atoms with Crippen molar-refractivity contribution in [2.24, 2.45) is 5.92 Å². The van der Waals surface area contributed by atoms with Crippen molar-refractivity contribution in [2.45, 2.75) is 26.9 Å². The van der Waals surface area contributed by atoms with Crippen molar-refractivity contribution in [3.05, 3.63) is 10.4 Å². The second-order valence-corrected chi connectivity index (χ2v) is 6.28. The van der Waals surface area contributed by atoms with E-state index in [1.54, 1.807) is 0 Å². The van der Waals surface area contributed by atoms with Crippen molar-refractivity contribution >= 4 is 27.8 Å². The lowest BCUT2D eigenvalue weighted by Gasteiger charge is -2.32. The molecule has 1 saturated heterocycles. The molecule has 108 valence electrons. The number of morpholine rings is 1. The monoisotopic (exact) mass is 293 g/mol. The molecule has 0 bridgehead atoms. The van der Waals surface area contributed by atoms with Gasteiger partial charge >= 0.3 is 0 Å². The number of hydrogen-bond acceptors (Lipinski definition) is 6. The lowest BCUT2D eigenvalue weighted by Crippen LogP contribution is -2.41. The number of nitrogens with zero attached hydrogens (tertiary/aromatic N) is 2. The average molecular weight is 293 g/mol. The zero-order chi connectivity index (χ0) is 14.9. The van der Waals surface area contributed by atoms with Gasteiger partial charge in [-0.2, -0.15) is 5.26 Å². The maximum atomic E-state index is 12.2. The third-order valence-corrected chi connectivity index (χ3v) is 4.60. The van der Waals surface area contributed by atoms with Crippen LogP contribution in [0.2, 0.25) is 0 Å². The predicted octanol–water partition coefficient (Wildman–Crippen LogP) is 2.27. The number of ketones is 1. The molecule has 1 aromatic heterocycles. The van der Waals surface area contributed by atoms with Crippen LogP contribution >= 0.6 is 11.3 Å². The van der Waals surface area contributed by atoms with E-state index in [0.717, 1.165) is 5.00 Å². The Morgan fingerprint density at radius 2 is 2.30 bits per heavy atom. The van der Waals surface area contributed by atoms with Gasteiger partial charge in [0.2, 0.25) is 0 Å². The highest BCUT2D eigenvalue weighted by molar-refractivity contribution is 7.19. The number of thiophene rings is 1. The van der Waals surface area contributed by atoms with Crippen LogP contribution in [0.1, 0.15) is 36.0 Å². The van der Waals surface area contributed by atoms with Crippen LogP contribution in [0.4, 0.5) is 10.7 Å². The normalized spacial score (nSPS) is 19.1. The maximum absolute atomic E-state index is 12.2. The molecule has 1 atom stereocenters. The lowest BCUT2D eigenvalue weighted by molar-refractivity contribution is 0.0534. The van der Waals surface area contributed by atoms with Crippen LogP contribution in [0.25, 0.3) is 0 Å². The Labute approximate surface area is 122 Å². The largest absolute Gasteiger partial charge is 0.396 e. The van der Waals surface area contributed by atoms with Crippen LogP contribution in [0, 0.1) is 17.2 Å². The van der Waals surface area contributed by atoms with Gasteiger partial charge in [-0.15, -0.1) is 11.3 Å². The first-order chi connectivity index (χ1) is 9.45. The van der Waals surface area contributed by atoms with Gasteiger partial charge in [0.25, 0.3) is 0 Å². The predicted molar refractivity (Wildman–Crippen MR) is 80.2 cm³/mol. The number of rotatable bonds is 3. The number of hydrogen-bond donors (Lipinski definition) is 1. The molecular formula is C14H19N3O2S. The average Bonchev–Trinajstić information content (AvgIpc) is 2.74. The molecule has 5 nitrogen and oxygen atoms in total. The Balaban J connectivity index is 2.41. The summed E-state index contributed by atoms with van der Waals surface area (Å²) in [6.45, 7) is 7.72. The minimum absolute atomic E-state index is 0.00319. The van der Waals surface area contributed by atoms with Crippen molar-refractivity contribution in [3.63, 3.8) is 0 Å². The fraction of sp³-hybridized carbons (Fsp3) is 0.571. The Kier molecular flexibility index (Phi) is 4.31. The highest BCUT2D eigenvalue weighted by Gasteiger charge is 2.27. The van der Waals surface area contributed by atoms with Crippen LogP contribution in [0.15, 0.2) is 0 Å². The van der Waals surface area contributed by atoms with Gasteiger partial charge in [-0.05, 0) is 6.92 Å². The number of nitrogen functional groups attached to an aromatic ring is 1. The molecule has 2 rings (SSSR count). The van der Waals surface area contributed by atoms with Gasteiger partial charge in [0.15, 0.2) is 5.78 Å². The summed E-state index contributed by atoms with van der Waals surface area (Å²) < 4.78 is 5.51. The summed E-state index contributed by atoms with van der Waals surface area (Å²) in [5, 5.41) is 10.1. The van der Waals surface area contributed by atoms with Crippen LogP contribution in [-0.2, 0) is 4.74 Å². The number of ether oxygens (including phenoxy) is 1. The van der Waals surface area contributed by atoms with Gasteiger partial charge in [0.05, 0.1) is 23.3 Å². The second-order valence-electron chi connectivity index (χ2n) is 5.28. The zero-order valence-corrected chi connectivity index (χ0v) is 12.8. The molecule has 0 saturated carbocycles. The second kappa shape index (κ2) is 5.81. The van der Waals surface area contributed by atoms with Crippen molar-refractivity contribution in [2.75, 3.05) is 30.3 Å². The Morgan fingerprint density at radius 3 is 2.85 bits per heavy atom. The summed E-state index contributed by atoms with van der Waals surface area (Å²) in [6.07, 6.45) is 0.114. The molecule has 1 fully saturated rings. The molecule has 1 aromatic rings. The van der Waals surface area contributed by atoms with E-state index in [4.69, 9.17) is 10.5 Å². The quantitative estimate of drug-likeness (QED) is 0.865. The highest BCUT2D eigenvalue weighted by Crippen LogP contribution is 2.39. The van der Waals surface area contributed by atoms with Crippen LogP contribution in [0.5, 0.6) is 0 Å². The van der Waals surface area contributed by atoms with Gasteiger partial charge in [0, 0.05) is 19.0 Å². The van der Waals surface area contributed by atoms with Gasteiger partial charge in [-0.3, -0.25) is 4.79 Å². The van der Waals surface area contributed by atoms with Gasteiger partial charge < -0.3 is 15.4 Å². The Morgan fingerprint density at radius 1 is 1.60 bits per heavy atom. The first kappa shape index (κ1) is 14.8. The van der Waals surface area contributed by atoms with Gasteiger partial charge in [-0.25, -0.2) is 0 Å². The summed E-state index contributed by atoms with van der Waals surface area (Å²) in [4.78, 5) is 14.8. The molecule has 2 heterocycles. The standard InChI is InChI=1S/C14H19N3O2S/c1-8(2)12(18)13-11(16)10(6-15)14(20-13)17-4-5-19-9(3)7-17/h8-9H,4-5,7,16H2,1-3H3. The fourth-order valence-corrected chi connectivity index (χ4v) is 3.50. The van der Waals surface area contributed by atoms with Crippen molar-refractivity contribution in [1.29, 1.82) is 5.26 Å². The minimum Gasteiger partial charge on any atom is -0.396 e. The summed E-state index contributed by atoms with van der Waals surface area (Å²) >= 11 is 1.33. The number of nitriles is 1. The van der Waals surface area contributed by atoms with E-state index in [2.05, 4.69) is 11.0 Å². The van der Waals surface area contributed by atoms with Gasteiger partial charge in [0.1, 0.15) is 16.6 Å². The highest BCUT2D eigenvalue weighted by atomic mass is 32.1. The van der Waals surface area contributed by atoms with E-state index < -0.39 is 0 Å². The van der Waals surface area contributed by atoms with Gasteiger partial charge in [-0.1, -0.05) is 13.8 Å². The molecule has 0 aromatic carbocycles. The van der Waals surface area contributed by atoms with E-state index in [1.165, 1.54) is 11.3 Å². The summed E-state index contributed by atoms with van der Waals surface area (Å²) in [7, 11) is 0. The van der Waals surface area contributed by atoms with E-state index in [1.807, 2.05) is 20.8 Å². The molecule has 6 heteroatoms. The summed E-state index contributed by atoms with van der Waals surface area (Å²) in [5.74, 6) is -0.129. The topological polar surface area (TPSA) is 79.4 Å². The van der Waals surface area contributed by atoms with Crippen LogP contribution in [-0.4, -0.2) is 31.6 Å². The SMILES string of the molecule is CC1CN(c2sc(C(=O)C(C)C)c(N)c2C#N)CCO1. The van der Waals surface area contributed by atoms with Crippen molar-refractivity contribution < 1.29 is 9.53 Å². The molecular weight excluding hydrogens is 274 g/mol. The summed E-state index contributed by atoms with van der Waals surface area (Å²) in [6, 6.07) is 2.14. The lowest BCUT2D eigenvalue weighted by atomic mass is 10.1. The minimum atomic E-state index is -0.126. The molecule has 20 heavy (non-hydrogen) atoms. The third kappa shape index (κ3) is 2.65. The van der Waals surface area contributed by atoms with Crippen LogP contribution in [0.3, 0.4) is 0 Å².